The third-order valence-electron chi connectivity index (χ3n) is 4.21. The maximum atomic E-state index is 12.7. The Balaban J connectivity index is 1.99. The molecular weight excluding hydrogens is 298 g/mol. The first kappa shape index (κ1) is 16.0. The summed E-state index contributed by atoms with van der Waals surface area (Å²) in [7, 11) is 0. The van der Waals surface area contributed by atoms with Crippen molar-refractivity contribution in [3.63, 3.8) is 0 Å². The molecule has 1 N–H and O–H groups in total. The van der Waals surface area contributed by atoms with E-state index in [1.807, 2.05) is 56.3 Å². The summed E-state index contributed by atoms with van der Waals surface area (Å²) >= 11 is 0. The molecular formula is C20H21N3O. The van der Waals surface area contributed by atoms with Crippen molar-refractivity contribution in [3.05, 3.63) is 80.8 Å². The number of hydrogen-bond acceptors (Lipinski definition) is 2. The summed E-state index contributed by atoms with van der Waals surface area (Å²) in [4.78, 5) is 17.2. The number of aliphatic imine (C=N–C) groups is 1. The number of benzene rings is 2. The van der Waals surface area contributed by atoms with E-state index in [9.17, 15) is 4.79 Å². The van der Waals surface area contributed by atoms with E-state index in [0.29, 0.717) is 5.56 Å². The van der Waals surface area contributed by atoms with Gasteiger partial charge >= 0.3 is 0 Å². The fourth-order valence-corrected chi connectivity index (χ4v) is 2.61. The highest BCUT2D eigenvalue weighted by atomic mass is 16.1. The SMILES string of the molecule is Cc1cccc(-n2[nH]c(C)c(C=Nc3ccc(C)c(C)c3)c2=O)c1. The van der Waals surface area contributed by atoms with Crippen molar-refractivity contribution in [3.8, 4) is 5.69 Å². The number of nitrogens with one attached hydrogen (secondary N) is 1. The largest absolute Gasteiger partial charge is 0.295 e. The Morgan fingerprint density at radius 3 is 2.50 bits per heavy atom. The van der Waals surface area contributed by atoms with E-state index in [4.69, 9.17) is 0 Å². The molecule has 4 heteroatoms. The van der Waals surface area contributed by atoms with Crippen molar-refractivity contribution in [1.29, 1.82) is 0 Å². The smallest absolute Gasteiger partial charge is 0.280 e. The van der Waals surface area contributed by atoms with E-state index in [0.717, 1.165) is 22.6 Å². The van der Waals surface area contributed by atoms with E-state index < -0.39 is 0 Å². The minimum Gasteiger partial charge on any atom is -0.295 e. The van der Waals surface area contributed by atoms with Gasteiger partial charge in [-0.25, -0.2) is 4.68 Å². The molecule has 0 aliphatic carbocycles. The molecule has 3 rings (SSSR count). The Kier molecular flexibility index (Phi) is 4.21. The summed E-state index contributed by atoms with van der Waals surface area (Å²) in [5.41, 5.74) is 6.49. The molecule has 3 aromatic rings. The lowest BCUT2D eigenvalue weighted by Crippen LogP contribution is -2.17. The minimum atomic E-state index is -0.0920. The van der Waals surface area contributed by atoms with Gasteiger partial charge in [0.25, 0.3) is 5.56 Å². The van der Waals surface area contributed by atoms with Crippen LogP contribution in [0.1, 0.15) is 27.9 Å². The van der Waals surface area contributed by atoms with Crippen LogP contribution < -0.4 is 5.56 Å². The highest BCUT2D eigenvalue weighted by molar-refractivity contribution is 5.83. The number of rotatable bonds is 3. The van der Waals surface area contributed by atoms with E-state index in [1.54, 1.807) is 10.9 Å². The molecule has 122 valence electrons. The lowest BCUT2D eigenvalue weighted by Gasteiger charge is -2.02. The number of aryl methyl sites for hydroxylation is 4. The number of hydrogen-bond donors (Lipinski definition) is 1. The predicted octanol–water partition coefficient (Wildman–Crippen LogP) is 4.15. The molecule has 0 unspecified atom stereocenters. The Morgan fingerprint density at radius 1 is 1.00 bits per heavy atom. The molecule has 0 saturated heterocycles. The van der Waals surface area contributed by atoms with Gasteiger partial charge in [0.15, 0.2) is 0 Å². The maximum Gasteiger partial charge on any atom is 0.280 e. The second kappa shape index (κ2) is 6.32. The first-order valence-corrected chi connectivity index (χ1v) is 7.95. The van der Waals surface area contributed by atoms with Gasteiger partial charge in [-0.3, -0.25) is 14.9 Å². The molecule has 0 atom stereocenters. The van der Waals surface area contributed by atoms with Crippen LogP contribution in [-0.2, 0) is 0 Å². The molecule has 0 aliphatic heterocycles. The van der Waals surface area contributed by atoms with Crippen molar-refractivity contribution in [2.75, 3.05) is 0 Å². The molecule has 0 fully saturated rings. The quantitative estimate of drug-likeness (QED) is 0.724. The molecule has 0 spiro atoms. The zero-order valence-electron chi connectivity index (χ0n) is 14.4. The van der Waals surface area contributed by atoms with Crippen LogP contribution in [-0.4, -0.2) is 16.0 Å². The molecule has 24 heavy (non-hydrogen) atoms. The van der Waals surface area contributed by atoms with E-state index in [1.165, 1.54) is 11.1 Å². The maximum absolute atomic E-state index is 12.7. The van der Waals surface area contributed by atoms with E-state index in [-0.39, 0.29) is 5.56 Å². The molecule has 2 aromatic carbocycles. The normalized spacial score (nSPS) is 11.3. The van der Waals surface area contributed by atoms with Crippen LogP contribution in [0.5, 0.6) is 0 Å². The van der Waals surface area contributed by atoms with Crippen molar-refractivity contribution >= 4 is 11.9 Å². The van der Waals surface area contributed by atoms with Crippen LogP contribution >= 0.6 is 0 Å². The average molecular weight is 319 g/mol. The van der Waals surface area contributed by atoms with Crippen molar-refractivity contribution in [2.24, 2.45) is 4.99 Å². The molecule has 4 nitrogen and oxygen atoms in total. The third kappa shape index (κ3) is 3.08. The topological polar surface area (TPSA) is 50.1 Å². The van der Waals surface area contributed by atoms with Gasteiger partial charge in [-0.2, -0.15) is 0 Å². The molecule has 1 aromatic heterocycles. The molecule has 0 saturated carbocycles. The van der Waals surface area contributed by atoms with E-state index >= 15 is 0 Å². The highest BCUT2D eigenvalue weighted by Gasteiger charge is 2.10. The first-order chi connectivity index (χ1) is 11.5. The lowest BCUT2D eigenvalue weighted by molar-refractivity contribution is 0.834. The van der Waals surface area contributed by atoms with Gasteiger partial charge in [0, 0.05) is 11.9 Å². The van der Waals surface area contributed by atoms with Gasteiger partial charge in [-0.15, -0.1) is 0 Å². The molecule has 1 heterocycles. The van der Waals surface area contributed by atoms with Gasteiger partial charge in [0.1, 0.15) is 0 Å². The summed E-state index contributed by atoms with van der Waals surface area (Å²) in [6, 6.07) is 13.8. The standard InChI is InChI=1S/C20H21N3O/c1-13-6-5-7-18(10-13)23-20(24)19(16(4)22-23)12-21-17-9-8-14(2)15(3)11-17/h5-12,22H,1-4H3. The summed E-state index contributed by atoms with van der Waals surface area (Å²) in [6.45, 7) is 8.02. The fraction of sp³-hybridized carbons (Fsp3) is 0.200. The zero-order valence-corrected chi connectivity index (χ0v) is 14.4. The lowest BCUT2D eigenvalue weighted by atomic mass is 10.1. The van der Waals surface area contributed by atoms with Gasteiger partial charge in [0.05, 0.1) is 16.9 Å². The second-order valence-electron chi connectivity index (χ2n) is 6.16. The first-order valence-electron chi connectivity index (χ1n) is 7.95. The van der Waals surface area contributed by atoms with E-state index in [2.05, 4.69) is 23.9 Å². The fourth-order valence-electron chi connectivity index (χ4n) is 2.61. The average Bonchev–Trinajstić information content (AvgIpc) is 2.83. The summed E-state index contributed by atoms with van der Waals surface area (Å²) < 4.78 is 1.56. The number of H-pyrrole nitrogens is 1. The molecule has 0 bridgehead atoms. The highest BCUT2D eigenvalue weighted by Crippen LogP contribution is 2.17. The number of aromatic nitrogens is 2. The van der Waals surface area contributed by atoms with Crippen LogP contribution in [0.25, 0.3) is 5.69 Å². The van der Waals surface area contributed by atoms with Gasteiger partial charge in [-0.1, -0.05) is 18.2 Å². The summed E-state index contributed by atoms with van der Waals surface area (Å²) in [6.07, 6.45) is 1.64. The van der Waals surface area contributed by atoms with Gasteiger partial charge < -0.3 is 0 Å². The molecule has 0 aliphatic rings. The molecule has 0 radical (unpaired) electrons. The number of aromatic amines is 1. The van der Waals surface area contributed by atoms with Crippen LogP contribution in [0, 0.1) is 27.7 Å². The zero-order chi connectivity index (χ0) is 17.3. The van der Waals surface area contributed by atoms with Crippen LogP contribution in [0.15, 0.2) is 52.3 Å². The minimum absolute atomic E-state index is 0.0920. The Labute approximate surface area is 141 Å². The van der Waals surface area contributed by atoms with Gasteiger partial charge in [-0.05, 0) is 68.7 Å². The van der Waals surface area contributed by atoms with Gasteiger partial charge in [0.2, 0.25) is 0 Å². The van der Waals surface area contributed by atoms with Crippen molar-refractivity contribution in [1.82, 2.24) is 9.78 Å². The monoisotopic (exact) mass is 319 g/mol. The predicted molar refractivity (Wildman–Crippen MR) is 99.0 cm³/mol. The summed E-state index contributed by atoms with van der Waals surface area (Å²) in [5, 5.41) is 3.13. The van der Waals surface area contributed by atoms with Crippen LogP contribution in [0.3, 0.4) is 0 Å². The third-order valence-corrected chi connectivity index (χ3v) is 4.21. The number of nitrogens with zero attached hydrogens (tertiary/aromatic N) is 2. The van der Waals surface area contributed by atoms with Crippen LogP contribution in [0.4, 0.5) is 5.69 Å². The Hall–Kier alpha value is -2.88. The second-order valence-corrected chi connectivity index (χ2v) is 6.16. The molecule has 0 amide bonds. The Morgan fingerprint density at radius 2 is 1.79 bits per heavy atom. The van der Waals surface area contributed by atoms with Crippen LogP contribution in [0.2, 0.25) is 0 Å². The summed E-state index contributed by atoms with van der Waals surface area (Å²) in [5.74, 6) is 0. The van der Waals surface area contributed by atoms with Crippen molar-refractivity contribution < 1.29 is 0 Å². The van der Waals surface area contributed by atoms with Crippen molar-refractivity contribution in [2.45, 2.75) is 27.7 Å². The Bertz CT molecular complexity index is 977.